The van der Waals surface area contributed by atoms with Crippen LogP contribution in [0.2, 0.25) is 0 Å². The molecular weight excluding hydrogens is 499 g/mol. The quantitative estimate of drug-likeness (QED) is 0.283. The minimum atomic E-state index is -0.273. The second-order valence-corrected chi connectivity index (χ2v) is 6.17. The van der Waals surface area contributed by atoms with Crippen LogP contribution in [-0.4, -0.2) is 0 Å². The van der Waals surface area contributed by atoms with Crippen LogP contribution in [-0.2, 0) is 25.8 Å². The second-order valence-electron chi connectivity index (χ2n) is 4.35. The molecule has 1 aromatic heterocycles. The molecule has 1 N–H and O–H groups in total. The maximum atomic E-state index is 3.36. The Morgan fingerprint density at radius 1 is 1.14 bits per heavy atom. The van der Waals surface area contributed by atoms with Crippen LogP contribution < -0.4 is 29.6 Å². The first kappa shape index (κ1) is 21.5. The number of aromatic nitrogens is 1. The van der Waals surface area contributed by atoms with Crippen molar-refractivity contribution in [2.24, 2.45) is 0 Å². The van der Waals surface area contributed by atoms with E-state index in [2.05, 4.69) is 65.2 Å². The van der Waals surface area contributed by atoms with Crippen molar-refractivity contribution in [1.29, 1.82) is 0 Å². The van der Waals surface area contributed by atoms with Crippen molar-refractivity contribution >= 4 is 18.5 Å². The van der Waals surface area contributed by atoms with Gasteiger partial charge in [-0.2, -0.15) is 12.1 Å². The van der Waals surface area contributed by atoms with Crippen molar-refractivity contribution in [3.8, 4) is 5.30 Å². The van der Waals surface area contributed by atoms with Gasteiger partial charge in [0.25, 0.3) is 0 Å². The summed E-state index contributed by atoms with van der Waals surface area (Å²) in [6.45, 7) is 0. The third kappa shape index (κ3) is 5.59. The van der Waals surface area contributed by atoms with Crippen molar-refractivity contribution < 1.29 is 55.4 Å². The predicted octanol–water partition coefficient (Wildman–Crippen LogP) is -1.34. The van der Waals surface area contributed by atoms with Gasteiger partial charge in [-0.05, 0) is 5.30 Å². The first-order valence-electron chi connectivity index (χ1n) is 6.36. The van der Waals surface area contributed by atoms with Gasteiger partial charge in [0, 0.05) is 11.9 Å². The van der Waals surface area contributed by atoms with Crippen LogP contribution in [0.25, 0.3) is 16.1 Å². The zero-order valence-electron chi connectivity index (χ0n) is 11.8. The summed E-state index contributed by atoms with van der Waals surface area (Å²) in [5.74, 6) is 2.24. The Morgan fingerprint density at radius 2 is 1.95 bits per heavy atom. The average Bonchev–Trinajstić information content (AvgIpc) is 3.20. The molecule has 0 radical (unpaired) electrons. The first-order valence-corrected chi connectivity index (χ1v) is 7.77. The van der Waals surface area contributed by atoms with Gasteiger partial charge in [-0.15, -0.1) is 41.5 Å². The van der Waals surface area contributed by atoms with Crippen molar-refractivity contribution in [2.45, 2.75) is 6.42 Å². The normalized spacial score (nSPS) is 11.7. The molecule has 1 aliphatic rings. The Balaban J connectivity index is 0.000000482. The molecule has 22 heavy (non-hydrogen) atoms. The molecule has 1 heterocycles. The number of rotatable bonds is 1. The summed E-state index contributed by atoms with van der Waals surface area (Å²) in [4.78, 5) is 0. The van der Waals surface area contributed by atoms with Crippen molar-refractivity contribution in [3.63, 3.8) is 0 Å². The fraction of sp³-hybridized carbons (Fsp3) is 0.0588. The van der Waals surface area contributed by atoms with E-state index in [1.807, 2.05) is 18.3 Å². The molecule has 3 aromatic rings. The standard InChI is InChI=1S/C12H9NP.C5H5.2ClH.Hf/c1-2-5-11-9-12(8-10(11)4-1)14-7-3-6-13-14;1-2-4-5-3-1;;;/h1-9H;1-3H,4H2;2*1H;/q2*-1;;;+4/p-1. The Morgan fingerprint density at radius 3 is 2.50 bits per heavy atom. The smallest absolute Gasteiger partial charge is 1.00 e. The second kappa shape index (κ2) is 11.1. The minimum absolute atomic E-state index is 0. The number of allylic oxidation sites excluding steroid dienone is 4. The molecule has 0 saturated heterocycles. The van der Waals surface area contributed by atoms with Gasteiger partial charge in [-0.25, -0.2) is 16.9 Å². The molecule has 110 valence electrons. The summed E-state index contributed by atoms with van der Waals surface area (Å²) in [5.41, 5.74) is 0. The summed E-state index contributed by atoms with van der Waals surface area (Å²) in [5, 5.41) is 4.09. The third-order valence-corrected chi connectivity index (χ3v) is 4.72. The summed E-state index contributed by atoms with van der Waals surface area (Å²) in [7, 11) is -0.273. The van der Waals surface area contributed by atoms with E-state index in [9.17, 15) is 0 Å². The molecular formula is C17H15Cl2HfNP+. The van der Waals surface area contributed by atoms with Gasteiger partial charge < -0.3 is 24.8 Å². The molecule has 0 saturated carbocycles. The Kier molecular flexibility index (Phi) is 10.8. The van der Waals surface area contributed by atoms with E-state index in [1.54, 1.807) is 0 Å². The number of hydrogen-bond acceptors (Lipinski definition) is 0. The van der Waals surface area contributed by atoms with Crippen molar-refractivity contribution in [3.05, 3.63) is 78.8 Å². The van der Waals surface area contributed by atoms with Crippen LogP contribution in [0.15, 0.2) is 72.7 Å². The van der Waals surface area contributed by atoms with Gasteiger partial charge in [0.1, 0.15) is 7.69 Å². The minimum Gasteiger partial charge on any atom is -1.00 e. The number of H-pyrrole nitrogens is 1. The summed E-state index contributed by atoms with van der Waals surface area (Å²) < 4.78 is 3.36. The van der Waals surface area contributed by atoms with Crippen molar-refractivity contribution in [2.75, 3.05) is 0 Å². The van der Waals surface area contributed by atoms with Crippen LogP contribution in [0.3, 0.4) is 0 Å². The van der Waals surface area contributed by atoms with Gasteiger partial charge in [-0.1, -0.05) is 6.07 Å². The van der Waals surface area contributed by atoms with Crippen LogP contribution in [0.5, 0.6) is 0 Å². The molecule has 0 fully saturated rings. The average molecular weight is 514 g/mol. The fourth-order valence-corrected chi connectivity index (χ4v) is 3.54. The van der Waals surface area contributed by atoms with E-state index in [4.69, 9.17) is 0 Å². The fourth-order valence-electron chi connectivity index (χ4n) is 2.07. The Labute approximate surface area is 163 Å². The maximum Gasteiger partial charge on any atom is 4.00 e. The van der Waals surface area contributed by atoms with Crippen LogP contribution in [0.4, 0.5) is 0 Å². The number of nitrogens with one attached hydrogen (secondary N) is 1. The molecule has 1 nitrogen and oxygen atoms in total. The zero-order chi connectivity index (χ0) is 12.9. The summed E-state index contributed by atoms with van der Waals surface area (Å²) in [6, 6.07) is 15.1. The van der Waals surface area contributed by atoms with Gasteiger partial charge in [0.15, 0.2) is 6.20 Å². The van der Waals surface area contributed by atoms with Crippen molar-refractivity contribution in [1.82, 2.24) is 0 Å². The van der Waals surface area contributed by atoms with E-state index in [0.29, 0.717) is 0 Å². The number of benzene rings is 1. The maximum absolute atomic E-state index is 3.36. The topological polar surface area (TPSA) is 14.1 Å². The van der Waals surface area contributed by atoms with Crippen LogP contribution in [0.1, 0.15) is 6.42 Å². The number of halogens is 2. The van der Waals surface area contributed by atoms with E-state index >= 15 is 0 Å². The largest absolute Gasteiger partial charge is 4.00 e. The number of fused-ring (bicyclic) bond motifs is 1. The van der Waals surface area contributed by atoms with Gasteiger partial charge in [-0.3, -0.25) is 6.08 Å². The number of hydrogen-bond donors (Lipinski definition) is 0. The Hall–Kier alpha value is -0.530. The molecule has 1 atom stereocenters. The molecule has 5 heteroatoms. The van der Waals surface area contributed by atoms with Crippen LogP contribution in [0, 0.1) is 6.08 Å². The van der Waals surface area contributed by atoms with Gasteiger partial charge in [0.05, 0.1) is 0 Å². The van der Waals surface area contributed by atoms with Gasteiger partial charge in [0.2, 0.25) is 0 Å². The van der Waals surface area contributed by atoms with E-state index in [1.165, 1.54) is 16.1 Å². The zero-order valence-corrected chi connectivity index (χ0v) is 17.8. The Bertz CT molecular complexity index is 674. The van der Waals surface area contributed by atoms with E-state index in [-0.39, 0.29) is 58.3 Å². The molecule has 0 spiro atoms. The molecule has 1 aliphatic carbocycles. The monoisotopic (exact) mass is 514 g/mol. The first-order chi connectivity index (χ1) is 9.43. The van der Waals surface area contributed by atoms with Gasteiger partial charge >= 0.3 is 25.8 Å². The third-order valence-electron chi connectivity index (χ3n) is 3.01. The van der Waals surface area contributed by atoms with E-state index < -0.39 is 0 Å². The molecule has 0 bridgehead atoms. The predicted molar refractivity (Wildman–Crippen MR) is 81.7 cm³/mol. The summed E-state index contributed by atoms with van der Waals surface area (Å²) in [6.07, 6.45) is 12.0. The SMILES string of the molecule is [C-]1=CC=CC1.[Cl-].[Cl-].[Hf+4].c1ccc2[cH-]c(-p3ccc[nH+]3)cc2c1. The summed E-state index contributed by atoms with van der Waals surface area (Å²) >= 11 is 0. The molecule has 0 amide bonds. The molecule has 2 aromatic carbocycles. The molecule has 1 unspecified atom stereocenters. The van der Waals surface area contributed by atoms with Crippen LogP contribution >= 0.6 is 7.69 Å². The number of aromatic amines is 1. The van der Waals surface area contributed by atoms with E-state index in [0.717, 1.165) is 6.42 Å². The molecule has 4 rings (SSSR count). The molecule has 0 aliphatic heterocycles.